The van der Waals surface area contributed by atoms with Crippen molar-refractivity contribution in [1.82, 2.24) is 10.2 Å². The van der Waals surface area contributed by atoms with Crippen LogP contribution in [-0.2, 0) is 6.54 Å². The minimum atomic E-state index is 0. The Balaban J connectivity index is 0.00000289. The van der Waals surface area contributed by atoms with Crippen LogP contribution in [0.15, 0.2) is 40.9 Å². The van der Waals surface area contributed by atoms with E-state index in [1.54, 1.807) is 7.11 Å². The van der Waals surface area contributed by atoms with Gasteiger partial charge in [-0.05, 0) is 70.6 Å². The highest BCUT2D eigenvalue weighted by molar-refractivity contribution is 9.10. The van der Waals surface area contributed by atoms with Crippen molar-refractivity contribution >= 4 is 50.7 Å². The molecule has 2 aromatic carbocycles. The van der Waals surface area contributed by atoms with Crippen LogP contribution < -0.4 is 15.0 Å². The van der Waals surface area contributed by atoms with Crippen molar-refractivity contribution in [3.8, 4) is 11.8 Å². The van der Waals surface area contributed by atoms with E-state index in [9.17, 15) is 10.4 Å². The molecule has 3 aromatic rings. The van der Waals surface area contributed by atoms with Gasteiger partial charge >= 0.3 is 0 Å². The van der Waals surface area contributed by atoms with Crippen molar-refractivity contribution < 1.29 is 9.84 Å². The van der Waals surface area contributed by atoms with Gasteiger partial charge in [-0.2, -0.15) is 5.26 Å². The number of aliphatic hydroxyl groups is 1. The molecule has 1 aliphatic heterocycles. The number of nitrogens with one attached hydrogen (secondary N) is 1. The highest BCUT2D eigenvalue weighted by Gasteiger charge is 2.22. The summed E-state index contributed by atoms with van der Waals surface area (Å²) in [6.45, 7) is 2.46. The maximum absolute atomic E-state index is 9.42. The van der Waals surface area contributed by atoms with Crippen LogP contribution in [0.4, 0.5) is 11.6 Å². The Morgan fingerprint density at radius 1 is 1.19 bits per heavy atom. The molecule has 1 saturated heterocycles. The van der Waals surface area contributed by atoms with E-state index in [1.807, 2.05) is 36.4 Å². The highest BCUT2D eigenvalue weighted by Crippen LogP contribution is 2.32. The number of nitrogens with zero attached hydrogens (tertiary/aromatic N) is 4. The Morgan fingerprint density at radius 3 is 2.62 bits per heavy atom. The molecule has 168 valence electrons. The lowest BCUT2D eigenvalue weighted by atomic mass is 9.97. The molecule has 4 rings (SSSR count). The maximum Gasteiger partial charge on any atom is 0.159 e. The molecule has 9 heteroatoms. The van der Waals surface area contributed by atoms with Crippen LogP contribution in [-0.4, -0.2) is 42.1 Å². The van der Waals surface area contributed by atoms with E-state index in [0.717, 1.165) is 58.3 Å². The number of nitriles is 1. The smallest absolute Gasteiger partial charge is 0.159 e. The fourth-order valence-electron chi connectivity index (χ4n) is 3.91. The molecular formula is C23H25BrClN5O2. The van der Waals surface area contributed by atoms with Crippen LogP contribution in [0, 0.1) is 17.2 Å². The standard InChI is InChI=1S/C23H24BrN5O2.ClH/c1-31-21-5-3-17(11-20(21)24)13-26-22-19-10-16(12-25)2-4-18(19)23(28-27-22)29-8-6-15(14-30)7-9-29;/h2-5,10-11,15,30H,6-9,13-14H2,1H3,(H,26,27);1H. The molecule has 0 unspecified atom stereocenters. The Kier molecular flexibility index (Phi) is 8.13. The van der Waals surface area contributed by atoms with Crippen LogP contribution in [0.5, 0.6) is 5.75 Å². The van der Waals surface area contributed by atoms with Crippen molar-refractivity contribution in [1.29, 1.82) is 5.26 Å². The summed E-state index contributed by atoms with van der Waals surface area (Å²) in [7, 11) is 1.64. The molecule has 0 spiro atoms. The number of fused-ring (bicyclic) bond motifs is 1. The van der Waals surface area contributed by atoms with Gasteiger partial charge in [0.2, 0.25) is 0 Å². The third-order valence-corrected chi connectivity index (χ3v) is 6.36. The third kappa shape index (κ3) is 5.07. The lowest BCUT2D eigenvalue weighted by Crippen LogP contribution is -2.35. The molecule has 0 atom stereocenters. The first-order chi connectivity index (χ1) is 15.1. The van der Waals surface area contributed by atoms with Gasteiger partial charge in [-0.15, -0.1) is 22.6 Å². The minimum absolute atomic E-state index is 0. The summed E-state index contributed by atoms with van der Waals surface area (Å²) in [4.78, 5) is 2.22. The number of anilines is 2. The summed E-state index contributed by atoms with van der Waals surface area (Å²) in [6.07, 6.45) is 1.87. The fourth-order valence-corrected chi connectivity index (χ4v) is 4.50. The van der Waals surface area contributed by atoms with Gasteiger partial charge in [0.15, 0.2) is 11.6 Å². The average molecular weight is 519 g/mol. The van der Waals surface area contributed by atoms with Gasteiger partial charge in [-0.25, -0.2) is 0 Å². The number of benzene rings is 2. The second kappa shape index (κ2) is 10.8. The molecular weight excluding hydrogens is 494 g/mol. The number of aliphatic hydroxyl groups excluding tert-OH is 1. The van der Waals surface area contributed by atoms with Crippen molar-refractivity contribution in [2.75, 3.05) is 37.0 Å². The molecule has 7 nitrogen and oxygen atoms in total. The molecule has 0 amide bonds. The topological polar surface area (TPSA) is 94.3 Å². The number of piperidine rings is 1. The van der Waals surface area contributed by atoms with Crippen LogP contribution in [0.1, 0.15) is 24.0 Å². The highest BCUT2D eigenvalue weighted by atomic mass is 79.9. The number of hydrogen-bond donors (Lipinski definition) is 2. The van der Waals surface area contributed by atoms with Gasteiger partial charge in [-0.3, -0.25) is 0 Å². The first-order valence-electron chi connectivity index (χ1n) is 10.3. The zero-order valence-electron chi connectivity index (χ0n) is 17.7. The molecule has 2 heterocycles. The molecule has 1 aliphatic rings. The molecule has 0 bridgehead atoms. The van der Waals surface area contributed by atoms with Crippen LogP contribution in [0.2, 0.25) is 0 Å². The fraction of sp³-hybridized carbons (Fsp3) is 0.348. The Bertz CT molecular complexity index is 1130. The summed E-state index contributed by atoms with van der Waals surface area (Å²) in [5.41, 5.74) is 1.65. The Labute approximate surface area is 201 Å². The van der Waals surface area contributed by atoms with Crippen LogP contribution >= 0.6 is 28.3 Å². The molecule has 0 aliphatic carbocycles. The Morgan fingerprint density at radius 2 is 1.97 bits per heavy atom. The molecule has 0 radical (unpaired) electrons. The van der Waals surface area contributed by atoms with Gasteiger partial charge in [0, 0.05) is 37.0 Å². The summed E-state index contributed by atoms with van der Waals surface area (Å²) in [5.74, 6) is 2.61. The van der Waals surface area contributed by atoms with E-state index in [4.69, 9.17) is 4.74 Å². The van der Waals surface area contributed by atoms with E-state index >= 15 is 0 Å². The van der Waals surface area contributed by atoms with Gasteiger partial charge in [0.1, 0.15) is 5.75 Å². The SMILES string of the molecule is COc1ccc(CNc2nnc(N3CCC(CO)CC3)c3ccc(C#N)cc23)cc1Br.Cl. The Hall–Kier alpha value is -2.60. The number of hydrogen-bond acceptors (Lipinski definition) is 7. The van der Waals surface area contributed by atoms with Crippen LogP contribution in [0.3, 0.4) is 0 Å². The maximum atomic E-state index is 9.42. The number of halogens is 2. The number of aromatic nitrogens is 2. The van der Waals surface area contributed by atoms with Crippen LogP contribution in [0.25, 0.3) is 10.8 Å². The van der Waals surface area contributed by atoms with Gasteiger partial charge in [0.25, 0.3) is 0 Å². The lowest BCUT2D eigenvalue weighted by molar-refractivity contribution is 0.203. The molecule has 0 saturated carbocycles. The summed E-state index contributed by atoms with van der Waals surface area (Å²) < 4.78 is 6.18. The second-order valence-electron chi connectivity index (χ2n) is 7.68. The van der Waals surface area contributed by atoms with E-state index < -0.39 is 0 Å². The predicted molar refractivity (Wildman–Crippen MR) is 132 cm³/mol. The first kappa shape index (κ1) is 24.1. The molecule has 32 heavy (non-hydrogen) atoms. The summed E-state index contributed by atoms with van der Waals surface area (Å²) in [5, 5.41) is 33.0. The summed E-state index contributed by atoms with van der Waals surface area (Å²) in [6, 6.07) is 13.8. The largest absolute Gasteiger partial charge is 0.496 e. The molecule has 2 N–H and O–H groups in total. The number of ether oxygens (including phenoxy) is 1. The van der Waals surface area contributed by atoms with E-state index in [2.05, 4.69) is 42.4 Å². The van der Waals surface area contributed by atoms with Crippen molar-refractivity contribution in [3.63, 3.8) is 0 Å². The van der Waals surface area contributed by atoms with Gasteiger partial charge in [-0.1, -0.05) is 6.07 Å². The molecule has 1 fully saturated rings. The molecule has 1 aromatic heterocycles. The van der Waals surface area contributed by atoms with E-state index in [0.29, 0.717) is 23.8 Å². The zero-order valence-corrected chi connectivity index (χ0v) is 20.1. The monoisotopic (exact) mass is 517 g/mol. The third-order valence-electron chi connectivity index (χ3n) is 5.74. The van der Waals surface area contributed by atoms with Crippen molar-refractivity contribution in [3.05, 3.63) is 52.0 Å². The van der Waals surface area contributed by atoms with E-state index in [-0.39, 0.29) is 19.0 Å². The quantitative estimate of drug-likeness (QED) is 0.496. The first-order valence-corrected chi connectivity index (χ1v) is 11.0. The predicted octanol–water partition coefficient (Wildman–Crippen LogP) is 4.52. The van der Waals surface area contributed by atoms with E-state index in [1.165, 1.54) is 0 Å². The van der Waals surface area contributed by atoms with Gasteiger partial charge in [0.05, 0.1) is 23.2 Å². The normalized spacial score (nSPS) is 14.0. The second-order valence-corrected chi connectivity index (χ2v) is 8.53. The van der Waals surface area contributed by atoms with Crippen molar-refractivity contribution in [2.45, 2.75) is 19.4 Å². The average Bonchev–Trinajstić information content (AvgIpc) is 2.82. The lowest BCUT2D eigenvalue weighted by Gasteiger charge is -2.32. The number of methoxy groups -OCH3 is 1. The number of rotatable bonds is 6. The van der Waals surface area contributed by atoms with Gasteiger partial charge < -0.3 is 20.1 Å². The minimum Gasteiger partial charge on any atom is -0.496 e. The van der Waals surface area contributed by atoms with Crippen molar-refractivity contribution in [2.24, 2.45) is 5.92 Å². The zero-order chi connectivity index (χ0) is 21.8. The summed E-state index contributed by atoms with van der Waals surface area (Å²) >= 11 is 3.52.